The lowest BCUT2D eigenvalue weighted by atomic mass is 10.1. The fourth-order valence-electron chi connectivity index (χ4n) is 1.83. The van der Waals surface area contributed by atoms with Crippen LogP contribution in [-0.4, -0.2) is 42.9 Å². The van der Waals surface area contributed by atoms with Crippen LogP contribution in [0.15, 0.2) is 30.3 Å². The lowest BCUT2D eigenvalue weighted by Crippen LogP contribution is -2.45. The number of carbonyl (C=O) groups excluding carboxylic acids is 1. The number of carboxylic acids is 1. The second-order valence-corrected chi connectivity index (χ2v) is 4.84. The van der Waals surface area contributed by atoms with Gasteiger partial charge in [0.2, 0.25) is 0 Å². The fourth-order valence-corrected chi connectivity index (χ4v) is 1.83. The molecular formula is C15H22N2O4. The molecule has 0 bridgehead atoms. The number of hydrogen-bond acceptors (Lipinski definition) is 3. The summed E-state index contributed by atoms with van der Waals surface area (Å²) >= 11 is 0. The number of hydrogen-bond donors (Lipinski definition) is 3. The van der Waals surface area contributed by atoms with Gasteiger partial charge in [0.15, 0.2) is 6.10 Å². The number of urea groups is 1. The molecule has 0 aliphatic heterocycles. The number of aliphatic carboxylic acids is 1. The van der Waals surface area contributed by atoms with Gasteiger partial charge in [-0.1, -0.05) is 30.3 Å². The standard InChI is InChI=1S/C15H22N2O4/c1-11(8-9-12-6-4-3-5-7-12)17-15(20)16-10-13(21-2)14(18)19/h3-7,11,13H,8-10H2,1-2H3,(H,18,19)(H2,16,17,20). The normalized spacial score (nSPS) is 13.2. The van der Waals surface area contributed by atoms with Crippen LogP contribution in [0.4, 0.5) is 4.79 Å². The molecule has 2 atom stereocenters. The zero-order chi connectivity index (χ0) is 15.7. The highest BCUT2D eigenvalue weighted by molar-refractivity contribution is 5.77. The Hall–Kier alpha value is -2.08. The molecule has 21 heavy (non-hydrogen) atoms. The summed E-state index contributed by atoms with van der Waals surface area (Å²) in [6.07, 6.45) is 0.651. The largest absolute Gasteiger partial charge is 0.479 e. The number of methoxy groups -OCH3 is 1. The first-order valence-electron chi connectivity index (χ1n) is 6.86. The third-order valence-electron chi connectivity index (χ3n) is 3.09. The van der Waals surface area contributed by atoms with Crippen molar-refractivity contribution >= 4 is 12.0 Å². The molecule has 0 aliphatic carbocycles. The Bertz CT molecular complexity index is 450. The quantitative estimate of drug-likeness (QED) is 0.676. The van der Waals surface area contributed by atoms with Crippen molar-refractivity contribution in [2.45, 2.75) is 31.9 Å². The number of rotatable bonds is 8. The van der Waals surface area contributed by atoms with Crippen LogP contribution in [0, 0.1) is 0 Å². The number of nitrogens with one attached hydrogen (secondary N) is 2. The van der Waals surface area contributed by atoms with Crippen molar-refractivity contribution < 1.29 is 19.4 Å². The predicted octanol–water partition coefficient (Wildman–Crippen LogP) is 1.41. The van der Waals surface area contributed by atoms with Crippen molar-refractivity contribution in [1.29, 1.82) is 0 Å². The van der Waals surface area contributed by atoms with Gasteiger partial charge in [-0.3, -0.25) is 0 Å². The van der Waals surface area contributed by atoms with E-state index in [2.05, 4.69) is 10.6 Å². The van der Waals surface area contributed by atoms with Crippen molar-refractivity contribution in [1.82, 2.24) is 10.6 Å². The van der Waals surface area contributed by atoms with E-state index in [-0.39, 0.29) is 18.6 Å². The second-order valence-electron chi connectivity index (χ2n) is 4.84. The van der Waals surface area contributed by atoms with Crippen LogP contribution in [0.1, 0.15) is 18.9 Å². The molecule has 0 radical (unpaired) electrons. The molecule has 2 unspecified atom stereocenters. The Kier molecular flexibility index (Phi) is 7.25. The predicted molar refractivity (Wildman–Crippen MR) is 79.2 cm³/mol. The van der Waals surface area contributed by atoms with Gasteiger partial charge in [0.1, 0.15) is 0 Å². The van der Waals surface area contributed by atoms with Gasteiger partial charge in [-0.05, 0) is 25.3 Å². The van der Waals surface area contributed by atoms with Crippen molar-refractivity contribution in [3.8, 4) is 0 Å². The summed E-state index contributed by atoms with van der Waals surface area (Å²) in [5.41, 5.74) is 1.22. The highest BCUT2D eigenvalue weighted by atomic mass is 16.5. The van der Waals surface area contributed by atoms with Crippen molar-refractivity contribution in [2.24, 2.45) is 0 Å². The maximum absolute atomic E-state index is 11.6. The maximum Gasteiger partial charge on any atom is 0.334 e. The van der Waals surface area contributed by atoms with Gasteiger partial charge in [0.25, 0.3) is 0 Å². The van der Waals surface area contributed by atoms with Crippen molar-refractivity contribution in [3.05, 3.63) is 35.9 Å². The van der Waals surface area contributed by atoms with Crippen LogP contribution in [0.2, 0.25) is 0 Å². The molecule has 0 saturated heterocycles. The first kappa shape index (κ1) is 17.0. The first-order valence-corrected chi connectivity index (χ1v) is 6.86. The van der Waals surface area contributed by atoms with E-state index in [0.717, 1.165) is 12.8 Å². The Labute approximate surface area is 124 Å². The highest BCUT2D eigenvalue weighted by Gasteiger charge is 2.17. The van der Waals surface area contributed by atoms with E-state index in [4.69, 9.17) is 9.84 Å². The Balaban J connectivity index is 2.26. The van der Waals surface area contributed by atoms with Crippen LogP contribution in [-0.2, 0) is 16.0 Å². The van der Waals surface area contributed by atoms with Gasteiger partial charge in [-0.15, -0.1) is 0 Å². The zero-order valence-corrected chi connectivity index (χ0v) is 12.3. The second kappa shape index (κ2) is 8.97. The van der Waals surface area contributed by atoms with E-state index in [1.807, 2.05) is 37.3 Å². The minimum absolute atomic E-state index is 0.00368. The van der Waals surface area contributed by atoms with Crippen LogP contribution < -0.4 is 10.6 Å². The Morgan fingerprint density at radius 1 is 1.29 bits per heavy atom. The summed E-state index contributed by atoms with van der Waals surface area (Å²) in [5, 5.41) is 14.0. The van der Waals surface area contributed by atoms with Crippen LogP contribution in [0.3, 0.4) is 0 Å². The third-order valence-corrected chi connectivity index (χ3v) is 3.09. The van der Waals surface area contributed by atoms with E-state index < -0.39 is 12.1 Å². The first-order chi connectivity index (χ1) is 10.0. The highest BCUT2D eigenvalue weighted by Crippen LogP contribution is 2.04. The molecular weight excluding hydrogens is 272 g/mol. The topological polar surface area (TPSA) is 87.7 Å². The monoisotopic (exact) mass is 294 g/mol. The molecule has 0 aliphatic rings. The van der Waals surface area contributed by atoms with E-state index in [1.54, 1.807) is 0 Å². The molecule has 0 fully saturated rings. The van der Waals surface area contributed by atoms with Gasteiger partial charge >= 0.3 is 12.0 Å². The zero-order valence-electron chi connectivity index (χ0n) is 12.3. The van der Waals surface area contributed by atoms with Crippen LogP contribution in [0.5, 0.6) is 0 Å². The number of carboxylic acid groups (broad SMARTS) is 1. The SMILES string of the molecule is COC(CNC(=O)NC(C)CCc1ccccc1)C(=O)O. The lowest BCUT2D eigenvalue weighted by Gasteiger charge is -2.16. The molecule has 1 aromatic rings. The summed E-state index contributed by atoms with van der Waals surface area (Å²) in [4.78, 5) is 22.4. The maximum atomic E-state index is 11.6. The van der Waals surface area contributed by atoms with Gasteiger partial charge in [0.05, 0.1) is 6.54 Å². The summed E-state index contributed by atoms with van der Waals surface area (Å²) in [6.45, 7) is 1.84. The molecule has 1 rings (SSSR count). The minimum Gasteiger partial charge on any atom is -0.479 e. The van der Waals surface area contributed by atoms with Crippen molar-refractivity contribution in [2.75, 3.05) is 13.7 Å². The molecule has 0 spiro atoms. The molecule has 1 aromatic carbocycles. The molecule has 0 heterocycles. The van der Waals surface area contributed by atoms with Gasteiger partial charge in [0, 0.05) is 13.2 Å². The van der Waals surface area contributed by atoms with E-state index >= 15 is 0 Å². The van der Waals surface area contributed by atoms with Gasteiger partial charge in [-0.2, -0.15) is 0 Å². The Morgan fingerprint density at radius 3 is 2.52 bits per heavy atom. The molecule has 0 aromatic heterocycles. The summed E-state index contributed by atoms with van der Waals surface area (Å²) in [5.74, 6) is -1.10. The molecule has 0 saturated carbocycles. The summed E-state index contributed by atoms with van der Waals surface area (Å²) in [7, 11) is 1.29. The Morgan fingerprint density at radius 2 is 1.95 bits per heavy atom. The van der Waals surface area contributed by atoms with E-state index in [9.17, 15) is 9.59 Å². The number of carbonyl (C=O) groups is 2. The van der Waals surface area contributed by atoms with E-state index in [0.29, 0.717) is 0 Å². The lowest BCUT2D eigenvalue weighted by molar-refractivity contribution is -0.147. The number of aryl methyl sites for hydroxylation is 1. The molecule has 116 valence electrons. The van der Waals surface area contributed by atoms with Crippen molar-refractivity contribution in [3.63, 3.8) is 0 Å². The van der Waals surface area contributed by atoms with Crippen LogP contribution >= 0.6 is 0 Å². The molecule has 3 N–H and O–H groups in total. The number of ether oxygens (including phenoxy) is 1. The van der Waals surface area contributed by atoms with Gasteiger partial charge < -0.3 is 20.5 Å². The molecule has 6 heteroatoms. The third kappa shape index (κ3) is 6.76. The summed E-state index contributed by atoms with van der Waals surface area (Å²) < 4.78 is 4.73. The average molecular weight is 294 g/mol. The van der Waals surface area contributed by atoms with Gasteiger partial charge in [-0.25, -0.2) is 9.59 Å². The van der Waals surface area contributed by atoms with Crippen LogP contribution in [0.25, 0.3) is 0 Å². The van der Waals surface area contributed by atoms with E-state index in [1.165, 1.54) is 12.7 Å². The molecule has 6 nitrogen and oxygen atoms in total. The fraction of sp³-hybridized carbons (Fsp3) is 0.467. The molecule has 2 amide bonds. The minimum atomic E-state index is -1.10. The average Bonchev–Trinajstić information content (AvgIpc) is 2.46. The smallest absolute Gasteiger partial charge is 0.334 e. The number of amides is 2. The number of benzene rings is 1. The summed E-state index contributed by atoms with van der Waals surface area (Å²) in [6, 6.07) is 9.63.